The predicted octanol–water partition coefficient (Wildman–Crippen LogP) is 3.01. The van der Waals surface area contributed by atoms with Gasteiger partial charge >= 0.3 is 0 Å². The van der Waals surface area contributed by atoms with Crippen molar-refractivity contribution in [3.8, 4) is 5.75 Å². The number of carbonyl (C=O) groups is 2. The van der Waals surface area contributed by atoms with Crippen molar-refractivity contribution in [1.82, 2.24) is 9.80 Å². The fourth-order valence-corrected chi connectivity index (χ4v) is 3.95. The molecule has 32 heavy (non-hydrogen) atoms. The van der Waals surface area contributed by atoms with E-state index in [0.717, 1.165) is 30.9 Å². The summed E-state index contributed by atoms with van der Waals surface area (Å²) in [5.74, 6) is 0.740. The van der Waals surface area contributed by atoms with Crippen LogP contribution in [-0.4, -0.2) is 66.7 Å². The molecule has 1 fully saturated rings. The number of anilines is 1. The fourth-order valence-electron chi connectivity index (χ4n) is 3.95. The number of carbonyl (C=O) groups excluding carboxylic acids is 2. The second kappa shape index (κ2) is 9.96. The average molecular weight is 435 g/mol. The first-order chi connectivity index (χ1) is 15.5. The highest BCUT2D eigenvalue weighted by atomic mass is 16.5. The average Bonchev–Trinajstić information content (AvgIpc) is 2.81. The zero-order chi connectivity index (χ0) is 22.5. The van der Waals surface area contributed by atoms with Gasteiger partial charge in [-0.25, -0.2) is 5.01 Å². The van der Waals surface area contributed by atoms with Crippen LogP contribution in [0.4, 0.5) is 5.69 Å². The number of piperazine rings is 1. The van der Waals surface area contributed by atoms with Gasteiger partial charge in [0, 0.05) is 45.6 Å². The molecule has 2 aliphatic heterocycles. The zero-order valence-electron chi connectivity index (χ0n) is 18.8. The minimum Gasteiger partial charge on any atom is -0.492 e. The molecule has 0 atom stereocenters. The summed E-state index contributed by atoms with van der Waals surface area (Å²) in [4.78, 5) is 29.6. The number of aryl methyl sites for hydroxylation is 2. The van der Waals surface area contributed by atoms with Crippen molar-refractivity contribution < 1.29 is 14.3 Å². The van der Waals surface area contributed by atoms with Crippen molar-refractivity contribution in [2.75, 3.05) is 44.3 Å². The fraction of sp³-hybridized carbons (Fsp3) is 0.400. The molecule has 0 radical (unpaired) electrons. The van der Waals surface area contributed by atoms with Crippen LogP contribution in [0.15, 0.2) is 53.6 Å². The standard InChI is InChI=1S/C25H30N4O3/c1-19-6-8-22(9-7-19)32-17-16-27-12-14-28(15-13-27)25(31)23-10-11-24(30)29(26-23)21-5-3-4-20(2)18-21/h3-9,18H,10-17H2,1-2H3. The molecule has 0 aliphatic carbocycles. The highest BCUT2D eigenvalue weighted by Gasteiger charge is 2.30. The Bertz CT molecular complexity index is 995. The van der Waals surface area contributed by atoms with E-state index in [1.807, 2.05) is 60.4 Å². The third-order valence-electron chi connectivity index (χ3n) is 5.88. The van der Waals surface area contributed by atoms with Gasteiger partial charge in [-0.15, -0.1) is 0 Å². The minimum atomic E-state index is -0.0782. The van der Waals surface area contributed by atoms with Gasteiger partial charge in [0.25, 0.3) is 5.91 Å². The highest BCUT2D eigenvalue weighted by Crippen LogP contribution is 2.22. The Hall–Kier alpha value is -3.19. The summed E-state index contributed by atoms with van der Waals surface area (Å²) in [5, 5.41) is 5.81. The first-order valence-corrected chi connectivity index (χ1v) is 11.2. The van der Waals surface area contributed by atoms with E-state index in [1.165, 1.54) is 10.6 Å². The summed E-state index contributed by atoms with van der Waals surface area (Å²) in [7, 11) is 0. The molecule has 0 spiro atoms. The molecule has 2 aliphatic rings. The number of hydrazone groups is 1. The molecular weight excluding hydrogens is 404 g/mol. The van der Waals surface area contributed by atoms with Crippen molar-refractivity contribution in [3.05, 3.63) is 59.7 Å². The smallest absolute Gasteiger partial charge is 0.270 e. The number of amides is 2. The number of rotatable bonds is 6. The summed E-state index contributed by atoms with van der Waals surface area (Å²) in [5.41, 5.74) is 3.43. The van der Waals surface area contributed by atoms with E-state index in [1.54, 1.807) is 0 Å². The van der Waals surface area contributed by atoms with Gasteiger partial charge in [0.1, 0.15) is 18.1 Å². The molecule has 2 heterocycles. The lowest BCUT2D eigenvalue weighted by Crippen LogP contribution is -2.52. The largest absolute Gasteiger partial charge is 0.492 e. The lowest BCUT2D eigenvalue weighted by Gasteiger charge is -2.35. The summed E-state index contributed by atoms with van der Waals surface area (Å²) in [6.45, 7) is 8.39. The molecule has 7 heteroatoms. The van der Waals surface area contributed by atoms with Crippen LogP contribution in [0.1, 0.15) is 24.0 Å². The normalized spacial score (nSPS) is 17.3. The van der Waals surface area contributed by atoms with Gasteiger partial charge in [0.2, 0.25) is 5.91 Å². The van der Waals surface area contributed by atoms with E-state index < -0.39 is 0 Å². The van der Waals surface area contributed by atoms with Gasteiger partial charge in [0.05, 0.1) is 5.69 Å². The predicted molar refractivity (Wildman–Crippen MR) is 125 cm³/mol. The van der Waals surface area contributed by atoms with Gasteiger partial charge in [0.15, 0.2) is 0 Å². The highest BCUT2D eigenvalue weighted by molar-refractivity contribution is 6.40. The topological polar surface area (TPSA) is 65.5 Å². The number of nitrogens with zero attached hydrogens (tertiary/aromatic N) is 4. The van der Waals surface area contributed by atoms with Gasteiger partial charge in [-0.05, 0) is 43.7 Å². The maximum atomic E-state index is 13.1. The van der Waals surface area contributed by atoms with E-state index in [2.05, 4.69) is 16.9 Å². The van der Waals surface area contributed by atoms with Crippen LogP contribution in [0.25, 0.3) is 0 Å². The Morgan fingerprint density at radius 3 is 2.44 bits per heavy atom. The Balaban J connectivity index is 1.29. The van der Waals surface area contributed by atoms with E-state index in [4.69, 9.17) is 4.74 Å². The van der Waals surface area contributed by atoms with Gasteiger partial charge in [-0.3, -0.25) is 14.5 Å². The van der Waals surface area contributed by atoms with Crippen LogP contribution in [0.5, 0.6) is 5.75 Å². The minimum absolute atomic E-state index is 0.0642. The quantitative estimate of drug-likeness (QED) is 0.701. The number of benzene rings is 2. The Kier molecular flexibility index (Phi) is 6.85. The molecule has 0 saturated carbocycles. The van der Waals surface area contributed by atoms with Crippen LogP contribution in [0.3, 0.4) is 0 Å². The van der Waals surface area contributed by atoms with Crippen molar-refractivity contribution in [1.29, 1.82) is 0 Å². The van der Waals surface area contributed by atoms with E-state index in [9.17, 15) is 9.59 Å². The summed E-state index contributed by atoms with van der Waals surface area (Å²) in [6, 6.07) is 15.7. The summed E-state index contributed by atoms with van der Waals surface area (Å²) in [6.07, 6.45) is 0.694. The third kappa shape index (κ3) is 5.34. The van der Waals surface area contributed by atoms with E-state index in [0.29, 0.717) is 43.9 Å². The number of hydrogen-bond acceptors (Lipinski definition) is 5. The van der Waals surface area contributed by atoms with Crippen LogP contribution >= 0.6 is 0 Å². The van der Waals surface area contributed by atoms with Crippen LogP contribution in [0, 0.1) is 13.8 Å². The van der Waals surface area contributed by atoms with E-state index in [-0.39, 0.29) is 11.8 Å². The van der Waals surface area contributed by atoms with Crippen molar-refractivity contribution in [3.63, 3.8) is 0 Å². The SMILES string of the molecule is Cc1ccc(OCCN2CCN(C(=O)C3=NN(c4cccc(C)c4)C(=O)CC3)CC2)cc1. The van der Waals surface area contributed by atoms with Crippen molar-refractivity contribution in [2.45, 2.75) is 26.7 Å². The lowest BCUT2D eigenvalue weighted by atomic mass is 10.1. The first-order valence-electron chi connectivity index (χ1n) is 11.2. The zero-order valence-corrected chi connectivity index (χ0v) is 18.8. The molecule has 0 aromatic heterocycles. The number of hydrogen-bond donors (Lipinski definition) is 0. The molecule has 0 bridgehead atoms. The second-order valence-electron chi connectivity index (χ2n) is 8.39. The van der Waals surface area contributed by atoms with Crippen molar-refractivity contribution >= 4 is 23.2 Å². The van der Waals surface area contributed by atoms with Gasteiger partial charge < -0.3 is 9.64 Å². The molecule has 0 N–H and O–H groups in total. The molecule has 4 rings (SSSR count). The Morgan fingerprint density at radius 2 is 1.72 bits per heavy atom. The summed E-state index contributed by atoms with van der Waals surface area (Å²) >= 11 is 0. The van der Waals surface area contributed by atoms with Crippen molar-refractivity contribution in [2.24, 2.45) is 5.10 Å². The molecule has 168 valence electrons. The maximum Gasteiger partial charge on any atom is 0.270 e. The lowest BCUT2D eigenvalue weighted by molar-refractivity contribution is -0.126. The molecular formula is C25H30N4O3. The molecule has 1 saturated heterocycles. The van der Waals surface area contributed by atoms with Gasteiger partial charge in [-0.1, -0.05) is 29.8 Å². The summed E-state index contributed by atoms with van der Waals surface area (Å²) < 4.78 is 5.83. The Morgan fingerprint density at radius 1 is 0.969 bits per heavy atom. The van der Waals surface area contributed by atoms with E-state index >= 15 is 0 Å². The molecule has 0 unspecified atom stereocenters. The third-order valence-corrected chi connectivity index (χ3v) is 5.88. The molecule has 7 nitrogen and oxygen atoms in total. The first kappa shape index (κ1) is 22.0. The Labute approximate surface area is 189 Å². The second-order valence-corrected chi connectivity index (χ2v) is 8.39. The van der Waals surface area contributed by atoms with Gasteiger partial charge in [-0.2, -0.15) is 5.10 Å². The van der Waals surface area contributed by atoms with Crippen LogP contribution < -0.4 is 9.75 Å². The number of ether oxygens (including phenoxy) is 1. The van der Waals surface area contributed by atoms with Crippen LogP contribution in [0.2, 0.25) is 0 Å². The molecule has 2 aromatic rings. The molecule has 2 aromatic carbocycles. The molecule has 2 amide bonds. The van der Waals surface area contributed by atoms with Crippen LogP contribution in [-0.2, 0) is 9.59 Å². The maximum absolute atomic E-state index is 13.1. The monoisotopic (exact) mass is 434 g/mol.